The van der Waals surface area contributed by atoms with Gasteiger partial charge >= 0.3 is 0 Å². The van der Waals surface area contributed by atoms with Crippen LogP contribution in [-0.2, 0) is 4.74 Å². The second-order valence-corrected chi connectivity index (χ2v) is 7.41. The van der Waals surface area contributed by atoms with Crippen molar-refractivity contribution in [3.8, 4) is 10.6 Å². The predicted octanol–water partition coefficient (Wildman–Crippen LogP) is 4.55. The molecule has 1 aliphatic rings. The van der Waals surface area contributed by atoms with Crippen LogP contribution in [0, 0.1) is 0 Å². The van der Waals surface area contributed by atoms with Crippen LogP contribution in [0.3, 0.4) is 0 Å². The molecule has 0 unspecified atom stereocenters. The first kappa shape index (κ1) is 18.0. The minimum atomic E-state index is -0.245. The van der Waals surface area contributed by atoms with Crippen LogP contribution in [0.4, 0.5) is 11.4 Å². The first-order chi connectivity index (χ1) is 13.2. The van der Waals surface area contributed by atoms with Crippen molar-refractivity contribution in [1.82, 2.24) is 4.98 Å². The number of carbonyl (C=O) groups is 1. The third-order valence-electron chi connectivity index (χ3n) is 4.32. The molecule has 1 aliphatic heterocycles. The Balaban J connectivity index is 1.56. The molecule has 0 aliphatic carbocycles. The number of anilines is 2. The fourth-order valence-corrected chi connectivity index (χ4v) is 3.94. The van der Waals surface area contributed by atoms with Gasteiger partial charge < -0.3 is 15.0 Å². The van der Waals surface area contributed by atoms with Gasteiger partial charge in [0.25, 0.3) is 5.91 Å². The molecular weight excluding hydrogens is 382 g/mol. The van der Waals surface area contributed by atoms with Crippen LogP contribution < -0.4 is 10.2 Å². The molecule has 4 rings (SSSR count). The molecule has 0 radical (unpaired) electrons. The second kappa shape index (κ2) is 8.08. The summed E-state index contributed by atoms with van der Waals surface area (Å²) in [5.74, 6) is -0.245. The number of amides is 1. The van der Waals surface area contributed by atoms with Crippen LogP contribution >= 0.6 is 22.9 Å². The van der Waals surface area contributed by atoms with Gasteiger partial charge in [0.1, 0.15) is 10.7 Å². The van der Waals surface area contributed by atoms with Gasteiger partial charge in [0.2, 0.25) is 0 Å². The van der Waals surface area contributed by atoms with Crippen molar-refractivity contribution in [2.24, 2.45) is 0 Å². The Morgan fingerprint density at radius 3 is 2.70 bits per heavy atom. The molecule has 0 saturated carbocycles. The smallest absolute Gasteiger partial charge is 0.275 e. The molecule has 27 heavy (non-hydrogen) atoms. The van der Waals surface area contributed by atoms with Gasteiger partial charge in [-0.1, -0.05) is 41.9 Å². The summed E-state index contributed by atoms with van der Waals surface area (Å²) in [7, 11) is 0. The van der Waals surface area contributed by atoms with Gasteiger partial charge in [0.05, 0.1) is 24.6 Å². The maximum Gasteiger partial charge on any atom is 0.275 e. The summed E-state index contributed by atoms with van der Waals surface area (Å²) in [6.45, 7) is 2.89. The molecular formula is C20H18ClN3O2S. The summed E-state index contributed by atoms with van der Waals surface area (Å²) in [6, 6.07) is 15.4. The maximum absolute atomic E-state index is 12.8. The Bertz CT molecular complexity index is 939. The summed E-state index contributed by atoms with van der Waals surface area (Å²) < 4.78 is 5.42. The number of carbonyl (C=O) groups excluding carboxylic acids is 1. The summed E-state index contributed by atoms with van der Waals surface area (Å²) in [5, 5.41) is 6.14. The molecule has 1 saturated heterocycles. The number of halogens is 1. The number of aromatic nitrogens is 1. The van der Waals surface area contributed by atoms with Crippen LogP contribution in [0.2, 0.25) is 5.02 Å². The van der Waals surface area contributed by atoms with Crippen LogP contribution in [0.15, 0.2) is 53.9 Å². The topological polar surface area (TPSA) is 54.5 Å². The summed E-state index contributed by atoms with van der Waals surface area (Å²) in [6.07, 6.45) is 0. The zero-order chi connectivity index (χ0) is 18.6. The molecule has 3 aromatic rings. The third-order valence-corrected chi connectivity index (χ3v) is 5.44. The lowest BCUT2D eigenvalue weighted by Crippen LogP contribution is -2.36. The number of hydrogen-bond donors (Lipinski definition) is 1. The van der Waals surface area contributed by atoms with Crippen LogP contribution in [0.25, 0.3) is 10.6 Å². The van der Waals surface area contributed by atoms with Gasteiger partial charge in [0, 0.05) is 29.1 Å². The monoisotopic (exact) mass is 399 g/mol. The number of morpholine rings is 1. The van der Waals surface area contributed by atoms with E-state index < -0.39 is 0 Å². The van der Waals surface area contributed by atoms with E-state index in [4.69, 9.17) is 16.3 Å². The Hall–Kier alpha value is -2.41. The maximum atomic E-state index is 12.8. The Labute approximate surface area is 166 Å². The average molecular weight is 400 g/mol. The Morgan fingerprint density at radius 1 is 1.15 bits per heavy atom. The molecule has 1 aromatic heterocycles. The SMILES string of the molecule is O=C(Nc1cc(Cl)ccc1N1CCOCC1)c1csc(-c2ccccc2)n1. The third kappa shape index (κ3) is 4.13. The van der Waals surface area contributed by atoms with Crippen LogP contribution in [-0.4, -0.2) is 37.2 Å². The van der Waals surface area contributed by atoms with Crippen molar-refractivity contribution in [3.05, 3.63) is 64.6 Å². The van der Waals surface area contributed by atoms with Gasteiger partial charge in [-0.2, -0.15) is 0 Å². The molecule has 1 fully saturated rings. The van der Waals surface area contributed by atoms with Crippen molar-refractivity contribution in [1.29, 1.82) is 0 Å². The quantitative estimate of drug-likeness (QED) is 0.699. The molecule has 2 heterocycles. The molecule has 1 N–H and O–H groups in total. The van der Waals surface area contributed by atoms with Crippen molar-refractivity contribution in [3.63, 3.8) is 0 Å². The van der Waals surface area contributed by atoms with Crippen molar-refractivity contribution < 1.29 is 9.53 Å². The normalized spacial score (nSPS) is 14.2. The second-order valence-electron chi connectivity index (χ2n) is 6.12. The van der Waals surface area contributed by atoms with Gasteiger partial charge in [-0.15, -0.1) is 11.3 Å². The van der Waals surface area contributed by atoms with E-state index in [1.165, 1.54) is 11.3 Å². The number of nitrogens with zero attached hydrogens (tertiary/aromatic N) is 2. The zero-order valence-corrected chi connectivity index (χ0v) is 16.1. The lowest BCUT2D eigenvalue weighted by Gasteiger charge is -2.30. The first-order valence-electron chi connectivity index (χ1n) is 8.65. The summed E-state index contributed by atoms with van der Waals surface area (Å²) >= 11 is 7.61. The highest BCUT2D eigenvalue weighted by atomic mass is 35.5. The van der Waals surface area contributed by atoms with Crippen LogP contribution in [0.1, 0.15) is 10.5 Å². The number of nitrogens with one attached hydrogen (secondary N) is 1. The predicted molar refractivity (Wildman–Crippen MR) is 110 cm³/mol. The molecule has 2 aromatic carbocycles. The summed E-state index contributed by atoms with van der Waals surface area (Å²) in [4.78, 5) is 19.4. The number of hydrogen-bond acceptors (Lipinski definition) is 5. The number of rotatable bonds is 4. The van der Waals surface area contributed by atoms with E-state index in [1.54, 1.807) is 11.4 Å². The molecule has 0 bridgehead atoms. The number of thiazole rings is 1. The van der Waals surface area contributed by atoms with Gasteiger partial charge in [-0.05, 0) is 18.2 Å². The lowest BCUT2D eigenvalue weighted by molar-refractivity contribution is 0.102. The van der Waals surface area contributed by atoms with Gasteiger partial charge in [-0.25, -0.2) is 4.98 Å². The minimum absolute atomic E-state index is 0.245. The molecule has 0 spiro atoms. The number of ether oxygens (including phenoxy) is 1. The van der Waals surface area contributed by atoms with E-state index in [9.17, 15) is 4.79 Å². The Kier molecular flexibility index (Phi) is 5.38. The molecule has 5 nitrogen and oxygen atoms in total. The highest BCUT2D eigenvalue weighted by molar-refractivity contribution is 7.13. The van der Waals surface area contributed by atoms with Crippen molar-refractivity contribution >= 4 is 40.2 Å². The standard InChI is InChI=1S/C20H18ClN3O2S/c21-15-6-7-18(24-8-10-26-11-9-24)16(12-15)22-19(25)17-13-27-20(23-17)14-4-2-1-3-5-14/h1-7,12-13H,8-11H2,(H,22,25). The van der Waals surface area contributed by atoms with Crippen LogP contribution in [0.5, 0.6) is 0 Å². The average Bonchev–Trinajstić information content (AvgIpc) is 3.20. The van der Waals surface area contributed by atoms with E-state index in [1.807, 2.05) is 42.5 Å². The minimum Gasteiger partial charge on any atom is -0.378 e. The largest absolute Gasteiger partial charge is 0.378 e. The summed E-state index contributed by atoms with van der Waals surface area (Å²) in [5.41, 5.74) is 3.02. The first-order valence-corrected chi connectivity index (χ1v) is 9.91. The molecule has 7 heteroatoms. The highest BCUT2D eigenvalue weighted by Crippen LogP contribution is 2.31. The van der Waals surface area contributed by atoms with E-state index in [0.717, 1.165) is 29.3 Å². The highest BCUT2D eigenvalue weighted by Gasteiger charge is 2.18. The molecule has 1 amide bonds. The fraction of sp³-hybridized carbons (Fsp3) is 0.200. The van der Waals surface area contributed by atoms with Crippen molar-refractivity contribution in [2.75, 3.05) is 36.5 Å². The zero-order valence-electron chi connectivity index (χ0n) is 14.5. The molecule has 138 valence electrons. The van der Waals surface area contributed by atoms with E-state index in [-0.39, 0.29) is 5.91 Å². The van der Waals surface area contributed by atoms with E-state index in [0.29, 0.717) is 29.6 Å². The fourth-order valence-electron chi connectivity index (χ4n) is 2.97. The lowest BCUT2D eigenvalue weighted by atomic mass is 10.2. The van der Waals surface area contributed by atoms with Crippen molar-refractivity contribution in [2.45, 2.75) is 0 Å². The molecule has 0 atom stereocenters. The van der Waals surface area contributed by atoms with Gasteiger partial charge in [0.15, 0.2) is 0 Å². The van der Waals surface area contributed by atoms with E-state index in [2.05, 4.69) is 15.2 Å². The van der Waals surface area contributed by atoms with E-state index >= 15 is 0 Å². The number of benzene rings is 2. The Morgan fingerprint density at radius 2 is 1.93 bits per heavy atom. The van der Waals surface area contributed by atoms with Gasteiger partial charge in [-0.3, -0.25) is 4.79 Å².